The van der Waals surface area contributed by atoms with Crippen LogP contribution in [0, 0.1) is 17.3 Å². The average Bonchev–Trinajstić information content (AvgIpc) is 3.07. The number of allylic oxidation sites excluding steroid dienone is 1. The van der Waals surface area contributed by atoms with Crippen LogP contribution in [0.15, 0.2) is 60.4 Å². The van der Waals surface area contributed by atoms with Gasteiger partial charge in [-0.15, -0.1) is 0 Å². The third kappa shape index (κ3) is 3.58. The van der Waals surface area contributed by atoms with E-state index in [-0.39, 0.29) is 5.41 Å². The van der Waals surface area contributed by atoms with Gasteiger partial charge in [0.2, 0.25) is 0 Å². The number of ether oxygens (including phenoxy) is 2. The van der Waals surface area contributed by atoms with Gasteiger partial charge in [-0.2, -0.15) is 0 Å². The first-order valence-electron chi connectivity index (χ1n) is 11.7. The summed E-state index contributed by atoms with van der Waals surface area (Å²) in [4.78, 5) is 13.2. The van der Waals surface area contributed by atoms with E-state index in [1.165, 1.54) is 16.7 Å². The molecule has 4 atom stereocenters. The number of carbonyl (C=O) groups excluding carboxylic acids is 1. The first-order chi connectivity index (χ1) is 15.1. The molecule has 0 bridgehead atoms. The summed E-state index contributed by atoms with van der Waals surface area (Å²) in [6.45, 7) is 5.39. The van der Waals surface area contributed by atoms with Gasteiger partial charge in [0.05, 0.1) is 12.9 Å². The number of benzene rings is 2. The molecule has 3 heteroatoms. The van der Waals surface area contributed by atoms with E-state index >= 15 is 0 Å². The molecule has 2 fully saturated rings. The quantitative estimate of drug-likeness (QED) is 0.429. The molecule has 3 nitrogen and oxygen atoms in total. The minimum absolute atomic E-state index is 0.208. The second-order valence-corrected chi connectivity index (χ2v) is 9.64. The minimum atomic E-state index is -0.208. The van der Waals surface area contributed by atoms with Gasteiger partial charge in [-0.05, 0) is 85.6 Å². The summed E-state index contributed by atoms with van der Waals surface area (Å²) >= 11 is 0. The fourth-order valence-corrected chi connectivity index (χ4v) is 6.35. The molecule has 0 heterocycles. The Hall–Kier alpha value is -2.55. The highest BCUT2D eigenvalue weighted by atomic mass is 16.5. The van der Waals surface area contributed by atoms with Gasteiger partial charge in [0.1, 0.15) is 12.4 Å². The standard InChI is InChI=1S/C28H32O3/c1-3-30-18-21-16-26-25-11-9-20-15-22(31-17-19-7-5-4-6-8-19)10-12-23(20)24(25)13-14-28(26,2)27(21)29/h4-8,10,12,15,18,24-26H,3,9,11,13-14,16-17H2,1-2H3/t24?,25?,26?,28-/m0/s1. The van der Waals surface area contributed by atoms with Crippen LogP contribution in [0.3, 0.4) is 0 Å². The molecule has 0 N–H and O–H groups in total. The van der Waals surface area contributed by atoms with Gasteiger partial charge in [-0.25, -0.2) is 0 Å². The molecule has 0 aliphatic heterocycles. The molecule has 3 aliphatic carbocycles. The van der Waals surface area contributed by atoms with Crippen LogP contribution in [-0.4, -0.2) is 12.4 Å². The number of Topliss-reactive ketones (excluding diaryl/α,β-unsaturated/α-hetero) is 1. The maximum absolute atomic E-state index is 13.2. The van der Waals surface area contributed by atoms with Crippen LogP contribution in [0.25, 0.3) is 0 Å². The number of rotatable bonds is 5. The van der Waals surface area contributed by atoms with E-state index in [2.05, 4.69) is 37.3 Å². The zero-order valence-corrected chi connectivity index (χ0v) is 18.6. The zero-order chi connectivity index (χ0) is 21.4. The van der Waals surface area contributed by atoms with Gasteiger partial charge in [0.15, 0.2) is 5.78 Å². The lowest BCUT2D eigenvalue weighted by Gasteiger charge is -2.48. The van der Waals surface area contributed by atoms with Crippen LogP contribution >= 0.6 is 0 Å². The van der Waals surface area contributed by atoms with Crippen molar-refractivity contribution < 1.29 is 14.3 Å². The summed E-state index contributed by atoms with van der Waals surface area (Å²) in [7, 11) is 0. The lowest BCUT2D eigenvalue weighted by atomic mass is 9.55. The highest BCUT2D eigenvalue weighted by Crippen LogP contribution is 2.60. The summed E-state index contributed by atoms with van der Waals surface area (Å²) in [6, 6.07) is 17.0. The van der Waals surface area contributed by atoms with Crippen molar-refractivity contribution in [2.24, 2.45) is 17.3 Å². The van der Waals surface area contributed by atoms with E-state index < -0.39 is 0 Å². The first kappa shape index (κ1) is 20.4. The predicted molar refractivity (Wildman–Crippen MR) is 122 cm³/mol. The summed E-state index contributed by atoms with van der Waals surface area (Å²) in [5.41, 5.74) is 4.81. The molecule has 31 heavy (non-hydrogen) atoms. The van der Waals surface area contributed by atoms with Gasteiger partial charge >= 0.3 is 0 Å². The molecule has 2 aromatic rings. The molecule has 0 amide bonds. The third-order valence-corrected chi connectivity index (χ3v) is 7.98. The maximum Gasteiger partial charge on any atom is 0.168 e. The number of fused-ring (bicyclic) bond motifs is 5. The van der Waals surface area contributed by atoms with Gasteiger partial charge in [-0.1, -0.05) is 43.3 Å². The van der Waals surface area contributed by atoms with E-state index in [1.807, 2.05) is 25.1 Å². The summed E-state index contributed by atoms with van der Waals surface area (Å²) in [5, 5.41) is 0. The largest absolute Gasteiger partial charge is 0.501 e. The van der Waals surface area contributed by atoms with Gasteiger partial charge in [0.25, 0.3) is 0 Å². The van der Waals surface area contributed by atoms with E-state index in [1.54, 1.807) is 6.26 Å². The van der Waals surface area contributed by atoms with Crippen LogP contribution in [0.1, 0.15) is 62.1 Å². The number of hydrogen-bond donors (Lipinski definition) is 0. The molecule has 5 rings (SSSR count). The summed E-state index contributed by atoms with van der Waals surface area (Å²) in [6.07, 6.45) is 6.94. The zero-order valence-electron chi connectivity index (χ0n) is 18.6. The summed E-state index contributed by atoms with van der Waals surface area (Å²) < 4.78 is 11.6. The van der Waals surface area contributed by atoms with Crippen LogP contribution in [-0.2, 0) is 22.6 Å². The molecule has 0 aromatic heterocycles. The van der Waals surface area contributed by atoms with E-state index in [4.69, 9.17) is 9.47 Å². The van der Waals surface area contributed by atoms with Crippen LogP contribution in [0.2, 0.25) is 0 Å². The van der Waals surface area contributed by atoms with Crippen molar-refractivity contribution in [2.75, 3.05) is 6.61 Å². The Balaban J connectivity index is 1.34. The van der Waals surface area contributed by atoms with Crippen molar-refractivity contribution in [1.82, 2.24) is 0 Å². The third-order valence-electron chi connectivity index (χ3n) is 7.98. The Morgan fingerprint density at radius 2 is 1.97 bits per heavy atom. The van der Waals surface area contributed by atoms with E-state index in [9.17, 15) is 4.79 Å². The number of aryl methyl sites for hydroxylation is 1. The Kier molecular flexibility index (Phi) is 5.37. The second kappa shape index (κ2) is 8.18. The monoisotopic (exact) mass is 416 g/mol. The number of carbonyl (C=O) groups is 1. The Bertz CT molecular complexity index is 993. The molecule has 3 aliphatic rings. The van der Waals surface area contributed by atoms with Crippen LogP contribution in [0.4, 0.5) is 0 Å². The van der Waals surface area contributed by atoms with E-state index in [0.29, 0.717) is 36.8 Å². The normalized spacial score (nSPS) is 30.5. The molecule has 2 aromatic carbocycles. The van der Waals surface area contributed by atoms with E-state index in [0.717, 1.165) is 43.4 Å². The molecule has 162 valence electrons. The van der Waals surface area contributed by atoms with Crippen molar-refractivity contribution in [2.45, 2.75) is 58.5 Å². The lowest BCUT2D eigenvalue weighted by molar-refractivity contribution is -0.127. The molecule has 0 spiro atoms. The Labute approximate surface area is 185 Å². The average molecular weight is 417 g/mol. The van der Waals surface area contributed by atoms with Crippen LogP contribution in [0.5, 0.6) is 5.75 Å². The Morgan fingerprint density at radius 1 is 1.13 bits per heavy atom. The molecule has 0 radical (unpaired) electrons. The maximum atomic E-state index is 13.2. The topological polar surface area (TPSA) is 35.5 Å². The van der Waals surface area contributed by atoms with Crippen molar-refractivity contribution >= 4 is 5.78 Å². The smallest absolute Gasteiger partial charge is 0.168 e. The fourth-order valence-electron chi connectivity index (χ4n) is 6.35. The molecule has 3 unspecified atom stereocenters. The molecule has 2 saturated carbocycles. The van der Waals surface area contributed by atoms with Crippen molar-refractivity contribution in [3.63, 3.8) is 0 Å². The first-order valence-corrected chi connectivity index (χ1v) is 11.7. The fraction of sp³-hybridized carbons (Fsp3) is 0.464. The SMILES string of the molecule is CCOC=C1CC2C3CCc4cc(OCc5ccccc5)ccc4C3CC[C@]2(C)C1=O. The molecular formula is C28H32O3. The number of ketones is 1. The Morgan fingerprint density at radius 3 is 2.77 bits per heavy atom. The predicted octanol–water partition coefficient (Wildman–Crippen LogP) is 6.22. The highest BCUT2D eigenvalue weighted by Gasteiger charge is 2.56. The number of hydrogen-bond acceptors (Lipinski definition) is 3. The lowest BCUT2D eigenvalue weighted by Crippen LogP contribution is -2.42. The second-order valence-electron chi connectivity index (χ2n) is 9.64. The minimum Gasteiger partial charge on any atom is -0.501 e. The van der Waals surface area contributed by atoms with Crippen LogP contribution < -0.4 is 4.74 Å². The summed E-state index contributed by atoms with van der Waals surface area (Å²) in [5.74, 6) is 2.87. The molecule has 0 saturated heterocycles. The molecular weight excluding hydrogens is 384 g/mol. The van der Waals surface area contributed by atoms with Crippen molar-refractivity contribution in [3.05, 3.63) is 77.1 Å². The van der Waals surface area contributed by atoms with Crippen molar-refractivity contribution in [1.29, 1.82) is 0 Å². The van der Waals surface area contributed by atoms with Gasteiger partial charge in [-0.3, -0.25) is 4.79 Å². The van der Waals surface area contributed by atoms with Crippen molar-refractivity contribution in [3.8, 4) is 5.75 Å². The van der Waals surface area contributed by atoms with Gasteiger partial charge < -0.3 is 9.47 Å². The highest BCUT2D eigenvalue weighted by molar-refractivity contribution is 6.02. The van der Waals surface area contributed by atoms with Gasteiger partial charge in [0, 0.05) is 11.0 Å².